The van der Waals surface area contributed by atoms with Crippen LogP contribution in [0.2, 0.25) is 0 Å². The molecule has 0 bridgehead atoms. The molecule has 0 atom stereocenters. The zero-order valence-corrected chi connectivity index (χ0v) is 15.6. The molecule has 1 saturated heterocycles. The van der Waals surface area contributed by atoms with E-state index in [-0.39, 0.29) is 23.2 Å². The molecule has 1 aliphatic rings. The highest BCUT2D eigenvalue weighted by Gasteiger charge is 2.31. The molecule has 29 heavy (non-hydrogen) atoms. The lowest BCUT2D eigenvalue weighted by Gasteiger charge is -2.33. The average molecular weight is 408 g/mol. The maximum absolute atomic E-state index is 12.6. The quantitative estimate of drug-likeness (QED) is 0.784. The van der Waals surface area contributed by atoms with E-state index in [0.717, 1.165) is 12.3 Å². The minimum atomic E-state index is -4.41. The van der Waals surface area contributed by atoms with Crippen LogP contribution in [0.3, 0.4) is 0 Å². The van der Waals surface area contributed by atoms with E-state index >= 15 is 0 Å². The van der Waals surface area contributed by atoms with Gasteiger partial charge in [0.05, 0.1) is 18.2 Å². The van der Waals surface area contributed by atoms with Gasteiger partial charge in [-0.05, 0) is 37.1 Å². The molecule has 1 N–H and O–H groups in total. The number of alkyl halides is 3. The Labute approximate surface area is 164 Å². The standard InChI is InChI=1S/C19H19F3N4O3/c1-29-18(28)12-2-4-15(23-10-12)17(27)25-14-6-8-26(9-7-14)16-5-3-13(11-24-16)19(20,21)22/h2-5,10-11,14H,6-9H2,1H3,(H,25,27). The summed E-state index contributed by atoms with van der Waals surface area (Å²) in [7, 11) is 1.26. The fraction of sp³-hybridized carbons (Fsp3) is 0.368. The monoisotopic (exact) mass is 408 g/mol. The number of carbonyl (C=O) groups is 2. The van der Waals surface area contributed by atoms with Crippen LogP contribution in [0.4, 0.5) is 19.0 Å². The van der Waals surface area contributed by atoms with E-state index in [1.165, 1.54) is 31.5 Å². The van der Waals surface area contributed by atoms with Gasteiger partial charge in [-0.15, -0.1) is 0 Å². The SMILES string of the molecule is COC(=O)c1ccc(C(=O)NC2CCN(c3ccc(C(F)(F)F)cn3)CC2)nc1. The molecule has 2 aromatic rings. The predicted octanol–water partition coefficient (Wildman–Crippen LogP) is 2.68. The molecular weight excluding hydrogens is 389 g/mol. The molecule has 10 heteroatoms. The lowest BCUT2D eigenvalue weighted by atomic mass is 10.0. The number of piperidine rings is 1. The van der Waals surface area contributed by atoms with Crippen molar-refractivity contribution in [3.05, 3.63) is 53.5 Å². The third kappa shape index (κ3) is 5.01. The predicted molar refractivity (Wildman–Crippen MR) is 97.5 cm³/mol. The summed E-state index contributed by atoms with van der Waals surface area (Å²) in [5.74, 6) is -0.413. The summed E-state index contributed by atoms with van der Waals surface area (Å²) in [5, 5.41) is 2.89. The van der Waals surface area contributed by atoms with Crippen LogP contribution in [0.15, 0.2) is 36.7 Å². The molecule has 0 radical (unpaired) electrons. The van der Waals surface area contributed by atoms with Crippen molar-refractivity contribution in [1.29, 1.82) is 0 Å². The molecule has 0 unspecified atom stereocenters. The number of hydrogen-bond acceptors (Lipinski definition) is 6. The first-order valence-electron chi connectivity index (χ1n) is 8.91. The van der Waals surface area contributed by atoms with Gasteiger partial charge < -0.3 is 15.0 Å². The highest BCUT2D eigenvalue weighted by molar-refractivity contribution is 5.94. The molecule has 0 aliphatic carbocycles. The topological polar surface area (TPSA) is 84.4 Å². The number of carbonyl (C=O) groups excluding carboxylic acids is 2. The van der Waals surface area contributed by atoms with Gasteiger partial charge >= 0.3 is 12.1 Å². The lowest BCUT2D eigenvalue weighted by Crippen LogP contribution is -2.45. The zero-order valence-electron chi connectivity index (χ0n) is 15.6. The van der Waals surface area contributed by atoms with Gasteiger partial charge in [0.15, 0.2) is 0 Å². The number of methoxy groups -OCH3 is 1. The third-order valence-corrected chi connectivity index (χ3v) is 4.65. The number of amides is 1. The molecular formula is C19H19F3N4O3. The van der Waals surface area contributed by atoms with E-state index in [1.807, 2.05) is 4.90 Å². The maximum Gasteiger partial charge on any atom is 0.417 e. The van der Waals surface area contributed by atoms with Crippen molar-refractivity contribution in [2.75, 3.05) is 25.1 Å². The second-order valence-corrected chi connectivity index (χ2v) is 6.56. The van der Waals surface area contributed by atoms with Gasteiger partial charge in [0.2, 0.25) is 0 Å². The second-order valence-electron chi connectivity index (χ2n) is 6.56. The van der Waals surface area contributed by atoms with Crippen LogP contribution < -0.4 is 10.2 Å². The minimum Gasteiger partial charge on any atom is -0.465 e. The number of anilines is 1. The Hall–Kier alpha value is -3.17. The van der Waals surface area contributed by atoms with Gasteiger partial charge in [-0.1, -0.05) is 0 Å². The Morgan fingerprint density at radius 1 is 1.10 bits per heavy atom. The van der Waals surface area contributed by atoms with Gasteiger partial charge in [-0.3, -0.25) is 9.78 Å². The summed E-state index contributed by atoms with van der Waals surface area (Å²) in [5.41, 5.74) is -0.347. The van der Waals surface area contributed by atoms with Crippen molar-refractivity contribution in [2.45, 2.75) is 25.1 Å². The van der Waals surface area contributed by atoms with Crippen LogP contribution in [0.1, 0.15) is 39.3 Å². The second kappa shape index (κ2) is 8.46. The number of halogens is 3. The van der Waals surface area contributed by atoms with Crippen LogP contribution >= 0.6 is 0 Å². The van der Waals surface area contributed by atoms with Crippen LogP contribution in [0.5, 0.6) is 0 Å². The first-order chi connectivity index (χ1) is 13.8. The van der Waals surface area contributed by atoms with Gasteiger partial charge in [0.1, 0.15) is 11.5 Å². The van der Waals surface area contributed by atoms with Gasteiger partial charge in [0.25, 0.3) is 5.91 Å². The van der Waals surface area contributed by atoms with E-state index in [2.05, 4.69) is 20.0 Å². The molecule has 0 saturated carbocycles. The highest BCUT2D eigenvalue weighted by atomic mass is 19.4. The van der Waals surface area contributed by atoms with E-state index in [9.17, 15) is 22.8 Å². The molecule has 0 spiro atoms. The molecule has 3 heterocycles. The Morgan fingerprint density at radius 3 is 2.34 bits per heavy atom. The summed E-state index contributed by atoms with van der Waals surface area (Å²) in [4.78, 5) is 33.5. The van der Waals surface area contributed by atoms with E-state index in [0.29, 0.717) is 31.7 Å². The molecule has 2 aromatic heterocycles. The normalized spacial score (nSPS) is 15.1. The van der Waals surface area contributed by atoms with E-state index in [1.54, 1.807) is 0 Å². The number of rotatable bonds is 4. The van der Waals surface area contributed by atoms with Crippen LogP contribution in [0.25, 0.3) is 0 Å². The fourth-order valence-electron chi connectivity index (χ4n) is 3.02. The summed E-state index contributed by atoms with van der Waals surface area (Å²) in [6, 6.07) is 5.19. The number of hydrogen-bond donors (Lipinski definition) is 1. The molecule has 154 valence electrons. The smallest absolute Gasteiger partial charge is 0.417 e. The number of nitrogens with one attached hydrogen (secondary N) is 1. The van der Waals surface area contributed by atoms with Gasteiger partial charge in [-0.25, -0.2) is 9.78 Å². The summed E-state index contributed by atoms with van der Waals surface area (Å²) < 4.78 is 42.5. The van der Waals surface area contributed by atoms with Crippen molar-refractivity contribution in [1.82, 2.24) is 15.3 Å². The number of nitrogens with zero attached hydrogens (tertiary/aromatic N) is 3. The molecule has 1 fully saturated rings. The van der Waals surface area contributed by atoms with Crippen LogP contribution in [-0.2, 0) is 10.9 Å². The van der Waals surface area contributed by atoms with Crippen molar-refractivity contribution < 1.29 is 27.5 Å². The third-order valence-electron chi connectivity index (χ3n) is 4.65. The number of aromatic nitrogens is 2. The molecule has 7 nitrogen and oxygen atoms in total. The van der Waals surface area contributed by atoms with Gasteiger partial charge in [-0.2, -0.15) is 13.2 Å². The first-order valence-corrected chi connectivity index (χ1v) is 8.91. The minimum absolute atomic E-state index is 0.0877. The first kappa shape index (κ1) is 20.6. The molecule has 3 rings (SSSR count). The summed E-state index contributed by atoms with van der Waals surface area (Å²) >= 11 is 0. The fourth-order valence-corrected chi connectivity index (χ4v) is 3.02. The maximum atomic E-state index is 12.6. The number of pyridine rings is 2. The Morgan fingerprint density at radius 2 is 1.83 bits per heavy atom. The Balaban J connectivity index is 1.53. The lowest BCUT2D eigenvalue weighted by molar-refractivity contribution is -0.137. The number of esters is 1. The van der Waals surface area contributed by atoms with Crippen LogP contribution in [0, 0.1) is 0 Å². The van der Waals surface area contributed by atoms with Crippen molar-refractivity contribution in [2.24, 2.45) is 0 Å². The van der Waals surface area contributed by atoms with Crippen LogP contribution in [-0.4, -0.2) is 48.1 Å². The largest absolute Gasteiger partial charge is 0.465 e. The Kier molecular flexibility index (Phi) is 6.00. The van der Waals surface area contributed by atoms with E-state index in [4.69, 9.17) is 0 Å². The van der Waals surface area contributed by atoms with Crippen molar-refractivity contribution >= 4 is 17.7 Å². The molecule has 1 aliphatic heterocycles. The average Bonchev–Trinajstić information content (AvgIpc) is 2.73. The molecule has 1 amide bonds. The van der Waals surface area contributed by atoms with E-state index < -0.39 is 17.7 Å². The number of ether oxygens (including phenoxy) is 1. The Bertz CT molecular complexity index is 862. The van der Waals surface area contributed by atoms with Crippen molar-refractivity contribution in [3.63, 3.8) is 0 Å². The summed E-state index contributed by atoms with van der Waals surface area (Å²) in [6.07, 6.45) is -1.07. The zero-order chi connectivity index (χ0) is 21.0. The van der Waals surface area contributed by atoms with Crippen molar-refractivity contribution in [3.8, 4) is 0 Å². The highest BCUT2D eigenvalue weighted by Crippen LogP contribution is 2.29. The van der Waals surface area contributed by atoms with Gasteiger partial charge in [0, 0.05) is 31.5 Å². The summed E-state index contributed by atoms with van der Waals surface area (Å²) in [6.45, 7) is 1.11. The molecule has 0 aromatic carbocycles.